The SMILES string of the molecule is FC(F)(F)c1ccc(CC2(CNc3nnc(C4=CC=C5N=CN=CC5C4)s3)CC2)cc1. The zero-order valence-corrected chi connectivity index (χ0v) is 17.4. The number of nitrogens with zero attached hydrogens (tertiary/aromatic N) is 4. The van der Waals surface area contributed by atoms with Crippen molar-refractivity contribution in [2.45, 2.75) is 31.9 Å². The second-order valence-corrected chi connectivity index (χ2v) is 9.25. The summed E-state index contributed by atoms with van der Waals surface area (Å²) in [7, 11) is 0. The van der Waals surface area contributed by atoms with E-state index in [9.17, 15) is 13.2 Å². The van der Waals surface area contributed by atoms with E-state index in [1.165, 1.54) is 11.3 Å². The molecule has 160 valence electrons. The van der Waals surface area contributed by atoms with Gasteiger partial charge in [-0.25, -0.2) is 9.98 Å². The number of allylic oxidation sites excluding steroid dienone is 4. The number of nitrogens with one attached hydrogen (secondary N) is 1. The summed E-state index contributed by atoms with van der Waals surface area (Å²) in [4.78, 5) is 8.42. The molecule has 0 amide bonds. The molecule has 2 aliphatic carbocycles. The summed E-state index contributed by atoms with van der Waals surface area (Å²) < 4.78 is 38.3. The highest BCUT2D eigenvalue weighted by molar-refractivity contribution is 7.16. The first-order chi connectivity index (χ1) is 14.9. The average Bonchev–Trinajstić information content (AvgIpc) is 3.36. The quantitative estimate of drug-likeness (QED) is 0.651. The fraction of sp³-hybridized carbons (Fsp3) is 0.364. The number of aliphatic imine (C=N–C) groups is 2. The molecule has 5 rings (SSSR count). The van der Waals surface area contributed by atoms with Gasteiger partial charge in [-0.3, -0.25) is 0 Å². The van der Waals surface area contributed by atoms with Crippen LogP contribution in [0.5, 0.6) is 0 Å². The predicted octanol–water partition coefficient (Wildman–Crippen LogP) is 5.39. The molecule has 1 aromatic carbocycles. The zero-order valence-electron chi connectivity index (χ0n) is 16.6. The molecule has 1 saturated carbocycles. The van der Waals surface area contributed by atoms with Gasteiger partial charge in [-0.15, -0.1) is 10.2 Å². The standard InChI is InChI=1S/C22H20F3N5S/c23-22(24,25)17-4-1-14(2-5-17)10-21(7-8-21)12-27-20-30-29-19(31-20)15-3-6-18-16(9-15)11-26-13-28-18/h1-6,11,13,16H,7-10,12H2,(H,27,30). The third kappa shape index (κ3) is 4.46. The van der Waals surface area contributed by atoms with Gasteiger partial charge in [0.25, 0.3) is 0 Å². The molecule has 9 heteroatoms. The van der Waals surface area contributed by atoms with Crippen LogP contribution >= 0.6 is 11.3 Å². The van der Waals surface area contributed by atoms with Crippen LogP contribution in [0.2, 0.25) is 0 Å². The molecule has 1 aromatic heterocycles. The first-order valence-electron chi connectivity index (χ1n) is 10.1. The number of hydrogen-bond donors (Lipinski definition) is 1. The van der Waals surface area contributed by atoms with Crippen LogP contribution in [-0.2, 0) is 12.6 Å². The summed E-state index contributed by atoms with van der Waals surface area (Å²) in [5.41, 5.74) is 2.53. The number of aromatic nitrogens is 2. The van der Waals surface area contributed by atoms with E-state index in [1.807, 2.05) is 18.4 Å². The number of anilines is 1. The number of hydrogen-bond acceptors (Lipinski definition) is 6. The van der Waals surface area contributed by atoms with E-state index < -0.39 is 11.7 Å². The van der Waals surface area contributed by atoms with Crippen LogP contribution in [0.25, 0.3) is 5.57 Å². The second kappa shape index (κ2) is 7.71. The first kappa shape index (κ1) is 20.1. The Labute approximate surface area is 181 Å². The van der Waals surface area contributed by atoms with Crippen molar-refractivity contribution < 1.29 is 13.2 Å². The molecule has 0 spiro atoms. The Balaban J connectivity index is 1.20. The van der Waals surface area contributed by atoms with Crippen LogP contribution in [0.4, 0.5) is 18.3 Å². The topological polar surface area (TPSA) is 62.5 Å². The largest absolute Gasteiger partial charge is 0.416 e. The van der Waals surface area contributed by atoms with Crippen LogP contribution in [0.15, 0.2) is 52.1 Å². The summed E-state index contributed by atoms with van der Waals surface area (Å²) in [6.07, 6.45) is 6.87. The molecule has 0 saturated heterocycles. The number of halogens is 3. The van der Waals surface area contributed by atoms with Gasteiger partial charge < -0.3 is 5.32 Å². The van der Waals surface area contributed by atoms with Crippen molar-refractivity contribution in [2.24, 2.45) is 21.3 Å². The van der Waals surface area contributed by atoms with Crippen LogP contribution in [-0.4, -0.2) is 29.3 Å². The maximum absolute atomic E-state index is 12.8. The molecule has 1 aliphatic heterocycles. The van der Waals surface area contributed by atoms with Gasteiger partial charge in [0.15, 0.2) is 0 Å². The lowest BCUT2D eigenvalue weighted by atomic mass is 9.92. The van der Waals surface area contributed by atoms with Crippen molar-refractivity contribution in [3.63, 3.8) is 0 Å². The molecule has 5 nitrogen and oxygen atoms in total. The molecular formula is C22H20F3N5S. The highest BCUT2D eigenvalue weighted by Gasteiger charge is 2.42. The van der Waals surface area contributed by atoms with Gasteiger partial charge in [-0.1, -0.05) is 29.5 Å². The number of alkyl halides is 3. The molecule has 31 heavy (non-hydrogen) atoms. The maximum atomic E-state index is 12.8. The Morgan fingerprint density at radius 3 is 2.65 bits per heavy atom. The number of benzene rings is 1. The molecule has 2 heterocycles. The van der Waals surface area contributed by atoms with Crippen molar-refractivity contribution in [1.29, 1.82) is 0 Å². The van der Waals surface area contributed by atoms with Gasteiger partial charge >= 0.3 is 6.18 Å². The van der Waals surface area contributed by atoms with E-state index in [-0.39, 0.29) is 11.3 Å². The summed E-state index contributed by atoms with van der Waals surface area (Å²) in [5, 5.41) is 13.7. The van der Waals surface area contributed by atoms with Crippen LogP contribution in [0.1, 0.15) is 35.4 Å². The van der Waals surface area contributed by atoms with E-state index >= 15 is 0 Å². The van der Waals surface area contributed by atoms with Gasteiger partial charge in [0, 0.05) is 18.7 Å². The summed E-state index contributed by atoms with van der Waals surface area (Å²) in [6.45, 7) is 0.732. The van der Waals surface area contributed by atoms with Crippen molar-refractivity contribution in [2.75, 3.05) is 11.9 Å². The summed E-state index contributed by atoms with van der Waals surface area (Å²) in [5.74, 6) is 0.184. The fourth-order valence-corrected chi connectivity index (χ4v) is 4.69. The zero-order chi connectivity index (χ0) is 21.5. The Morgan fingerprint density at radius 2 is 1.90 bits per heavy atom. The van der Waals surface area contributed by atoms with Gasteiger partial charge in [0.2, 0.25) is 5.13 Å². The summed E-state index contributed by atoms with van der Waals surface area (Å²) >= 11 is 1.52. The predicted molar refractivity (Wildman–Crippen MR) is 116 cm³/mol. The molecule has 0 bridgehead atoms. The molecule has 1 N–H and O–H groups in total. The third-order valence-corrected chi connectivity index (χ3v) is 6.90. The van der Waals surface area contributed by atoms with Crippen molar-refractivity contribution in [3.8, 4) is 0 Å². The molecule has 1 unspecified atom stereocenters. The van der Waals surface area contributed by atoms with Gasteiger partial charge in [-0.2, -0.15) is 13.2 Å². The Hall–Kier alpha value is -2.81. The summed E-state index contributed by atoms with van der Waals surface area (Å²) in [6, 6.07) is 5.50. The van der Waals surface area contributed by atoms with E-state index in [0.717, 1.165) is 71.3 Å². The van der Waals surface area contributed by atoms with E-state index in [4.69, 9.17) is 0 Å². The molecule has 2 aromatic rings. The lowest BCUT2D eigenvalue weighted by Gasteiger charge is -2.19. The van der Waals surface area contributed by atoms with Crippen LogP contribution in [0.3, 0.4) is 0 Å². The van der Waals surface area contributed by atoms with Crippen LogP contribution in [0, 0.1) is 11.3 Å². The molecule has 3 aliphatic rings. The third-order valence-electron chi connectivity index (χ3n) is 5.95. The van der Waals surface area contributed by atoms with Gasteiger partial charge in [0.1, 0.15) is 11.3 Å². The monoisotopic (exact) mass is 443 g/mol. The minimum Gasteiger partial charge on any atom is -0.360 e. The Morgan fingerprint density at radius 1 is 1.10 bits per heavy atom. The van der Waals surface area contributed by atoms with Crippen LogP contribution < -0.4 is 5.32 Å². The fourth-order valence-electron chi connectivity index (χ4n) is 3.91. The van der Waals surface area contributed by atoms with Gasteiger partial charge in [0.05, 0.1) is 11.3 Å². The molecular weight excluding hydrogens is 423 g/mol. The molecule has 1 atom stereocenters. The highest BCUT2D eigenvalue weighted by Crippen LogP contribution is 2.48. The normalized spacial score (nSPS) is 21.3. The number of fused-ring (bicyclic) bond motifs is 1. The minimum atomic E-state index is -4.30. The van der Waals surface area contributed by atoms with Crippen molar-refractivity contribution in [3.05, 3.63) is 58.2 Å². The molecule has 0 radical (unpaired) electrons. The minimum absolute atomic E-state index is 0.0733. The van der Waals surface area contributed by atoms with Gasteiger partial charge in [-0.05, 0) is 60.4 Å². The van der Waals surface area contributed by atoms with Crippen molar-refractivity contribution >= 4 is 34.6 Å². The van der Waals surface area contributed by atoms with E-state index in [0.29, 0.717) is 0 Å². The van der Waals surface area contributed by atoms with E-state index in [1.54, 1.807) is 18.5 Å². The van der Waals surface area contributed by atoms with Crippen molar-refractivity contribution in [1.82, 2.24) is 10.2 Å². The maximum Gasteiger partial charge on any atom is 0.416 e. The first-order valence-corrected chi connectivity index (χ1v) is 10.9. The number of rotatable bonds is 6. The second-order valence-electron chi connectivity index (χ2n) is 8.27. The highest BCUT2D eigenvalue weighted by atomic mass is 32.1. The Bertz CT molecular complexity index is 1090. The molecule has 1 fully saturated rings. The average molecular weight is 443 g/mol. The lowest BCUT2D eigenvalue weighted by molar-refractivity contribution is -0.137. The Kier molecular flexibility index (Phi) is 5.00. The van der Waals surface area contributed by atoms with E-state index in [2.05, 4.69) is 25.5 Å². The smallest absolute Gasteiger partial charge is 0.360 e. The lowest BCUT2D eigenvalue weighted by Crippen LogP contribution is -2.18.